The number of ether oxygens (including phenoxy) is 1. The van der Waals surface area contributed by atoms with Crippen LogP contribution in [0.5, 0.6) is 11.5 Å². The summed E-state index contributed by atoms with van der Waals surface area (Å²) in [6.45, 7) is 19.3. The lowest BCUT2D eigenvalue weighted by molar-refractivity contribution is 0.477. The summed E-state index contributed by atoms with van der Waals surface area (Å²) in [7, 11) is 0. The van der Waals surface area contributed by atoms with Crippen LogP contribution < -0.4 is 9.64 Å². The van der Waals surface area contributed by atoms with Crippen molar-refractivity contribution in [2.24, 2.45) is 0 Å². The number of anilines is 3. The van der Waals surface area contributed by atoms with Crippen molar-refractivity contribution in [2.45, 2.75) is 77.0 Å². The van der Waals surface area contributed by atoms with Crippen LogP contribution in [0.2, 0.25) is 0 Å². The number of hydrogen-bond donors (Lipinski definition) is 0. The summed E-state index contributed by atoms with van der Waals surface area (Å²) >= 11 is 0. The van der Waals surface area contributed by atoms with E-state index in [0.29, 0.717) is 0 Å². The fourth-order valence-electron chi connectivity index (χ4n) is 16.7. The van der Waals surface area contributed by atoms with Crippen molar-refractivity contribution in [3.63, 3.8) is 0 Å². The Balaban J connectivity index is 0.767. The highest BCUT2D eigenvalue weighted by molar-refractivity contribution is 6.06. The van der Waals surface area contributed by atoms with Crippen LogP contribution >= 0.6 is 0 Å². The molecule has 88 heavy (non-hydrogen) atoms. The maximum absolute atomic E-state index is 7.42. The van der Waals surface area contributed by atoms with Gasteiger partial charge in [-0.3, -0.25) is 0 Å². The van der Waals surface area contributed by atoms with E-state index in [1.54, 1.807) is 0 Å². The van der Waals surface area contributed by atoms with Crippen molar-refractivity contribution in [3.8, 4) is 101 Å². The molecule has 0 unspecified atom stereocenters. The highest BCUT2D eigenvalue weighted by Gasteiger charge is 2.45. The van der Waals surface area contributed by atoms with Gasteiger partial charge in [0, 0.05) is 32.8 Å². The molecule has 4 aliphatic carbocycles. The molecule has 0 N–H and O–H groups in total. The molecule has 0 spiro atoms. The first kappa shape index (κ1) is 51.2. The van der Waals surface area contributed by atoms with E-state index in [-0.39, 0.29) is 21.7 Å². The Hall–Kier alpha value is -10.0. The van der Waals surface area contributed by atoms with Gasteiger partial charge < -0.3 is 9.64 Å². The molecule has 13 aromatic rings. The second kappa shape index (κ2) is 17.8. The van der Waals surface area contributed by atoms with Gasteiger partial charge >= 0.3 is 0 Å². The van der Waals surface area contributed by atoms with E-state index >= 15 is 0 Å². The summed E-state index contributed by atoms with van der Waals surface area (Å²) < 4.78 is 7.42. The Kier molecular flexibility index (Phi) is 10.4. The van der Waals surface area contributed by atoms with Gasteiger partial charge in [-0.25, -0.2) is 0 Å². The Morgan fingerprint density at radius 2 is 0.614 bits per heavy atom. The van der Waals surface area contributed by atoms with Crippen LogP contribution in [-0.4, -0.2) is 0 Å². The molecule has 5 aliphatic rings. The number of nitrogens with zero attached hydrogens (tertiary/aromatic N) is 1. The molecule has 13 aromatic carbocycles. The first-order valence-electron chi connectivity index (χ1n) is 31.4. The van der Waals surface area contributed by atoms with Crippen LogP contribution in [0.15, 0.2) is 249 Å². The minimum Gasteiger partial charge on any atom is -0.453 e. The third-order valence-electron chi connectivity index (χ3n) is 21.4. The van der Waals surface area contributed by atoms with Gasteiger partial charge in [0.1, 0.15) is 0 Å². The molecular formula is C86H65NO. The van der Waals surface area contributed by atoms with Crippen LogP contribution in [0.3, 0.4) is 0 Å². The Morgan fingerprint density at radius 3 is 1.07 bits per heavy atom. The molecule has 0 amide bonds. The third-order valence-corrected chi connectivity index (χ3v) is 21.4. The Morgan fingerprint density at radius 1 is 0.250 bits per heavy atom. The Bertz CT molecular complexity index is 4910. The smallest absolute Gasteiger partial charge is 0.152 e. The summed E-state index contributed by atoms with van der Waals surface area (Å²) in [4.78, 5) is 2.47. The average Bonchev–Trinajstić information content (AvgIpc) is 1.54. The second-order valence-electron chi connectivity index (χ2n) is 27.6. The molecule has 0 fully saturated rings. The van der Waals surface area contributed by atoms with E-state index in [0.717, 1.165) is 61.9 Å². The third kappa shape index (κ3) is 6.95. The van der Waals surface area contributed by atoms with Crippen molar-refractivity contribution in [2.75, 3.05) is 4.90 Å². The molecule has 1 heterocycles. The van der Waals surface area contributed by atoms with Crippen molar-refractivity contribution >= 4 is 38.6 Å². The van der Waals surface area contributed by atoms with Crippen LogP contribution in [0.4, 0.5) is 17.1 Å². The topological polar surface area (TPSA) is 12.5 Å². The number of fused-ring (bicyclic) bond motifs is 18. The van der Waals surface area contributed by atoms with Crippen molar-refractivity contribution < 1.29 is 4.74 Å². The van der Waals surface area contributed by atoms with Gasteiger partial charge in [-0.2, -0.15) is 0 Å². The zero-order chi connectivity index (χ0) is 59.3. The van der Waals surface area contributed by atoms with Crippen molar-refractivity contribution in [3.05, 3.63) is 293 Å². The van der Waals surface area contributed by atoms with E-state index < -0.39 is 0 Å². The molecule has 2 heteroatoms. The number of rotatable bonds is 5. The van der Waals surface area contributed by atoms with Crippen LogP contribution in [0.25, 0.3) is 111 Å². The molecule has 0 radical (unpaired) electrons. The molecule has 0 atom stereocenters. The van der Waals surface area contributed by atoms with Crippen molar-refractivity contribution in [1.82, 2.24) is 0 Å². The number of para-hydroxylation sites is 1. The first-order chi connectivity index (χ1) is 42.6. The van der Waals surface area contributed by atoms with Gasteiger partial charge in [0.2, 0.25) is 0 Å². The molecule has 1 aliphatic heterocycles. The summed E-state index contributed by atoms with van der Waals surface area (Å²) in [6, 6.07) is 93.9. The highest BCUT2D eigenvalue weighted by atomic mass is 16.5. The summed E-state index contributed by atoms with van der Waals surface area (Å²) in [5.41, 5.74) is 33.6. The highest BCUT2D eigenvalue weighted by Crippen LogP contribution is 2.62. The van der Waals surface area contributed by atoms with Crippen LogP contribution in [0, 0.1) is 0 Å². The Labute approximate surface area is 516 Å². The van der Waals surface area contributed by atoms with E-state index in [9.17, 15) is 0 Å². The molecule has 18 rings (SSSR count). The van der Waals surface area contributed by atoms with Gasteiger partial charge in [0.25, 0.3) is 0 Å². The van der Waals surface area contributed by atoms with Gasteiger partial charge in [-0.1, -0.05) is 243 Å². The first-order valence-corrected chi connectivity index (χ1v) is 31.4. The van der Waals surface area contributed by atoms with E-state index in [4.69, 9.17) is 4.74 Å². The molecule has 0 bridgehead atoms. The molecular weight excluding hydrogens is 1060 g/mol. The molecule has 0 saturated heterocycles. The van der Waals surface area contributed by atoms with Gasteiger partial charge in [0.15, 0.2) is 11.5 Å². The second-order valence-corrected chi connectivity index (χ2v) is 27.6. The summed E-state index contributed by atoms with van der Waals surface area (Å²) in [5, 5.41) is 5.25. The molecule has 2 nitrogen and oxygen atoms in total. The van der Waals surface area contributed by atoms with Gasteiger partial charge in [0.05, 0.1) is 17.1 Å². The standard InChI is InChI=1S/C86H65NO/c1-83(2)68-38-32-52-24-15-17-26-58(52)80(68)66-48-72-64(46-74(66)83)62-36-30-54(42-70(62)85(72,5)6)56-34-40-76-78(44-56)88-79-45-57(35-41-77(79)87(76)82-60(50-20-11-9-12-21-50)28-19-29-61(82)51-22-13-10-14-23-51)55-31-37-63-65-47-75-67(49-73(65)86(7,8)71(63)43-55)81-59-27-18-16-25-53(59)33-39-69(81)84(75,3)4/h9-49H,1-8H3. The van der Waals surface area contributed by atoms with E-state index in [1.807, 2.05) is 0 Å². The fraction of sp³-hybridized carbons (Fsp3) is 0.140. The lowest BCUT2D eigenvalue weighted by Gasteiger charge is -2.36. The van der Waals surface area contributed by atoms with E-state index in [2.05, 4.69) is 309 Å². The molecule has 0 aromatic heterocycles. The van der Waals surface area contributed by atoms with Crippen LogP contribution in [-0.2, 0) is 21.7 Å². The fourth-order valence-corrected chi connectivity index (χ4v) is 16.7. The average molecular weight is 1130 g/mol. The van der Waals surface area contributed by atoms with Gasteiger partial charge in [-0.05, 0) is 205 Å². The van der Waals surface area contributed by atoms with E-state index in [1.165, 1.54) is 122 Å². The lowest BCUT2D eigenvalue weighted by Crippen LogP contribution is -2.18. The SMILES string of the molecule is CC1(C)c2cc(-c3ccc4c(c3)Oc3cc(-c5ccc6c(c5)C(C)(C)c5cc7c(cc5-6)C(C)(C)c5ccc6ccccc6c5-7)ccc3N4c3c(-c4ccccc4)cccc3-c3ccccc3)ccc2-c2cc3c(cc21)-c1c(ccc2ccccc12)C3(C)C. The minimum absolute atomic E-state index is 0.121. The quantitative estimate of drug-likeness (QED) is 0.170. The largest absolute Gasteiger partial charge is 0.453 e. The van der Waals surface area contributed by atoms with Gasteiger partial charge in [-0.15, -0.1) is 0 Å². The normalized spacial score (nSPS) is 15.7. The number of benzene rings is 13. The lowest BCUT2D eigenvalue weighted by atomic mass is 9.79. The number of hydrogen-bond acceptors (Lipinski definition) is 2. The zero-order valence-corrected chi connectivity index (χ0v) is 51.0. The monoisotopic (exact) mass is 1130 g/mol. The predicted molar refractivity (Wildman–Crippen MR) is 368 cm³/mol. The maximum atomic E-state index is 7.42. The summed E-state index contributed by atoms with van der Waals surface area (Å²) in [6.07, 6.45) is 0. The predicted octanol–water partition coefficient (Wildman–Crippen LogP) is 23.5. The molecule has 420 valence electrons. The van der Waals surface area contributed by atoms with Crippen LogP contribution in [0.1, 0.15) is 99.9 Å². The maximum Gasteiger partial charge on any atom is 0.152 e. The minimum atomic E-state index is -0.229. The van der Waals surface area contributed by atoms with Crippen molar-refractivity contribution in [1.29, 1.82) is 0 Å². The summed E-state index contributed by atoms with van der Waals surface area (Å²) in [5.74, 6) is 1.62. The zero-order valence-electron chi connectivity index (χ0n) is 51.0. The molecule has 0 saturated carbocycles.